The molecule has 0 aliphatic carbocycles. The molecular weight excluding hydrogens is 166 g/mol. The maximum Gasteiger partial charge on any atom is 0.123 e. The van der Waals surface area contributed by atoms with Crippen LogP contribution in [0, 0.1) is 0 Å². The molecular formula is C10H11NO2. The van der Waals surface area contributed by atoms with Crippen molar-refractivity contribution in [2.45, 2.75) is 13.0 Å². The Morgan fingerprint density at radius 2 is 2.31 bits per heavy atom. The summed E-state index contributed by atoms with van der Waals surface area (Å²) in [5.41, 5.74) is 1.58. The third-order valence-corrected chi connectivity index (χ3v) is 1.55. The highest BCUT2D eigenvalue weighted by Gasteiger charge is 1.90. The zero-order valence-electron chi connectivity index (χ0n) is 7.18. The summed E-state index contributed by atoms with van der Waals surface area (Å²) >= 11 is 0. The highest BCUT2D eigenvalue weighted by atomic mass is 16.3. The van der Waals surface area contributed by atoms with Gasteiger partial charge in [0.15, 0.2) is 0 Å². The van der Waals surface area contributed by atoms with Gasteiger partial charge in [0.25, 0.3) is 0 Å². The highest BCUT2D eigenvalue weighted by Crippen LogP contribution is 2.01. The molecule has 13 heavy (non-hydrogen) atoms. The molecule has 0 saturated carbocycles. The van der Waals surface area contributed by atoms with Crippen molar-refractivity contribution >= 4 is 12.4 Å². The number of hydrogen-bond acceptors (Lipinski definition) is 3. The summed E-state index contributed by atoms with van der Waals surface area (Å²) in [6, 6.07) is 3.60. The summed E-state index contributed by atoms with van der Waals surface area (Å²) in [7, 11) is 0. The van der Waals surface area contributed by atoms with Gasteiger partial charge >= 0.3 is 0 Å². The summed E-state index contributed by atoms with van der Waals surface area (Å²) in [5, 5.41) is 8.74. The van der Waals surface area contributed by atoms with Crippen LogP contribution < -0.4 is 0 Å². The van der Waals surface area contributed by atoms with Gasteiger partial charge in [0.05, 0.1) is 12.3 Å². The lowest BCUT2D eigenvalue weighted by atomic mass is 10.2. The predicted octanol–water partition coefficient (Wildman–Crippen LogP) is 1.18. The maximum absolute atomic E-state index is 9.99. The van der Waals surface area contributed by atoms with Crippen LogP contribution in [0.5, 0.6) is 0 Å². The highest BCUT2D eigenvalue weighted by molar-refractivity contribution is 5.56. The summed E-state index contributed by atoms with van der Waals surface area (Å²) in [4.78, 5) is 14.0. The summed E-state index contributed by atoms with van der Waals surface area (Å²) in [5.74, 6) is 0. The van der Waals surface area contributed by atoms with Gasteiger partial charge in [-0.15, -0.1) is 0 Å². The molecule has 0 atom stereocenters. The van der Waals surface area contributed by atoms with Gasteiger partial charge in [0.2, 0.25) is 0 Å². The monoisotopic (exact) mass is 177 g/mol. The molecule has 0 aliphatic heterocycles. The fourth-order valence-corrected chi connectivity index (χ4v) is 0.872. The predicted molar refractivity (Wildman–Crippen MR) is 49.9 cm³/mol. The van der Waals surface area contributed by atoms with E-state index in [4.69, 9.17) is 5.11 Å². The number of hydrogen-bond donors (Lipinski definition) is 1. The molecule has 3 nitrogen and oxygen atoms in total. The first-order valence-corrected chi connectivity index (χ1v) is 4.03. The molecule has 0 aromatic carbocycles. The number of rotatable bonds is 4. The van der Waals surface area contributed by atoms with Gasteiger partial charge in [0.1, 0.15) is 6.29 Å². The van der Waals surface area contributed by atoms with Crippen molar-refractivity contribution in [1.82, 2.24) is 4.98 Å². The zero-order chi connectivity index (χ0) is 9.52. The van der Waals surface area contributed by atoms with Crippen LogP contribution in [0.1, 0.15) is 17.7 Å². The molecule has 0 saturated heterocycles. The van der Waals surface area contributed by atoms with E-state index in [0.29, 0.717) is 6.42 Å². The third-order valence-electron chi connectivity index (χ3n) is 1.55. The number of allylic oxidation sites excluding steroid dienone is 1. The maximum atomic E-state index is 9.99. The average Bonchev–Trinajstić information content (AvgIpc) is 2.19. The molecule has 1 aromatic rings. The van der Waals surface area contributed by atoms with E-state index in [0.717, 1.165) is 17.5 Å². The van der Waals surface area contributed by atoms with Crippen molar-refractivity contribution < 1.29 is 9.90 Å². The van der Waals surface area contributed by atoms with E-state index in [9.17, 15) is 4.79 Å². The van der Waals surface area contributed by atoms with E-state index >= 15 is 0 Å². The van der Waals surface area contributed by atoms with E-state index in [1.54, 1.807) is 30.5 Å². The molecule has 68 valence electrons. The summed E-state index contributed by atoms with van der Waals surface area (Å²) in [6.45, 7) is 0.00529. The van der Waals surface area contributed by atoms with Gasteiger partial charge in [-0.05, 0) is 17.7 Å². The van der Waals surface area contributed by atoms with E-state index in [2.05, 4.69) is 4.98 Å². The molecule has 0 unspecified atom stereocenters. The first kappa shape index (κ1) is 9.61. The minimum Gasteiger partial charge on any atom is -0.392 e. The van der Waals surface area contributed by atoms with E-state index < -0.39 is 0 Å². The normalized spacial score (nSPS) is 10.5. The SMILES string of the molecule is O=CCC=Cc1ccc(CO)cn1. The fraction of sp³-hybridized carbons (Fsp3) is 0.200. The number of carbonyl (C=O) groups is 1. The quantitative estimate of drug-likeness (QED) is 0.702. The van der Waals surface area contributed by atoms with Crippen LogP contribution in [0.3, 0.4) is 0 Å². The second-order valence-electron chi connectivity index (χ2n) is 2.55. The number of aliphatic hydroxyl groups is 1. The first-order chi connectivity index (χ1) is 6.36. The molecule has 1 heterocycles. The number of aldehydes is 1. The molecule has 0 fully saturated rings. The molecule has 0 aliphatic rings. The van der Waals surface area contributed by atoms with Crippen LogP contribution in [-0.4, -0.2) is 16.4 Å². The Bertz CT molecular complexity index is 290. The van der Waals surface area contributed by atoms with Crippen LogP contribution >= 0.6 is 0 Å². The summed E-state index contributed by atoms with van der Waals surface area (Å²) in [6.07, 6.45) is 6.37. The average molecular weight is 177 g/mol. The van der Waals surface area contributed by atoms with Gasteiger partial charge in [-0.2, -0.15) is 0 Å². The van der Waals surface area contributed by atoms with Gasteiger partial charge in [-0.3, -0.25) is 4.98 Å². The van der Waals surface area contributed by atoms with E-state index in [1.165, 1.54) is 0 Å². The smallest absolute Gasteiger partial charge is 0.123 e. The van der Waals surface area contributed by atoms with Crippen LogP contribution in [0.15, 0.2) is 24.4 Å². The van der Waals surface area contributed by atoms with Crippen LogP contribution in [-0.2, 0) is 11.4 Å². The Morgan fingerprint density at radius 1 is 1.46 bits per heavy atom. The molecule has 1 aromatic heterocycles. The minimum absolute atomic E-state index is 0.00529. The molecule has 0 spiro atoms. The summed E-state index contributed by atoms with van der Waals surface area (Å²) < 4.78 is 0. The van der Waals surface area contributed by atoms with E-state index in [-0.39, 0.29) is 6.61 Å². The van der Waals surface area contributed by atoms with Gasteiger partial charge < -0.3 is 9.90 Å². The van der Waals surface area contributed by atoms with Crippen molar-refractivity contribution in [2.24, 2.45) is 0 Å². The number of aromatic nitrogens is 1. The van der Waals surface area contributed by atoms with Crippen LogP contribution in [0.25, 0.3) is 6.08 Å². The Balaban J connectivity index is 2.63. The largest absolute Gasteiger partial charge is 0.392 e. The minimum atomic E-state index is 0.00529. The van der Waals surface area contributed by atoms with Gasteiger partial charge in [0, 0.05) is 12.6 Å². The second-order valence-corrected chi connectivity index (χ2v) is 2.55. The first-order valence-electron chi connectivity index (χ1n) is 4.03. The third kappa shape index (κ3) is 3.17. The number of aliphatic hydroxyl groups excluding tert-OH is 1. The molecule has 0 bridgehead atoms. The Kier molecular flexibility index (Phi) is 3.85. The molecule has 1 rings (SSSR count). The van der Waals surface area contributed by atoms with Crippen LogP contribution in [0.4, 0.5) is 0 Å². The lowest BCUT2D eigenvalue weighted by molar-refractivity contribution is -0.107. The lowest BCUT2D eigenvalue weighted by Gasteiger charge is -1.95. The Labute approximate surface area is 76.7 Å². The van der Waals surface area contributed by atoms with Crippen LogP contribution in [0.2, 0.25) is 0 Å². The number of pyridine rings is 1. The second kappa shape index (κ2) is 5.22. The standard InChI is InChI=1S/C10H11NO2/c12-6-2-1-3-10-5-4-9(8-13)7-11-10/h1,3-7,13H,2,8H2. The Morgan fingerprint density at radius 3 is 2.85 bits per heavy atom. The topological polar surface area (TPSA) is 50.2 Å². The molecule has 0 radical (unpaired) electrons. The number of carbonyl (C=O) groups excluding carboxylic acids is 1. The molecule has 1 N–H and O–H groups in total. The van der Waals surface area contributed by atoms with Crippen molar-refractivity contribution in [1.29, 1.82) is 0 Å². The van der Waals surface area contributed by atoms with Crippen molar-refractivity contribution in [3.05, 3.63) is 35.7 Å². The fourth-order valence-electron chi connectivity index (χ4n) is 0.872. The Hall–Kier alpha value is -1.48. The van der Waals surface area contributed by atoms with Crippen molar-refractivity contribution in [2.75, 3.05) is 0 Å². The van der Waals surface area contributed by atoms with E-state index in [1.807, 2.05) is 0 Å². The van der Waals surface area contributed by atoms with Crippen molar-refractivity contribution in [3.8, 4) is 0 Å². The van der Waals surface area contributed by atoms with Gasteiger partial charge in [-0.25, -0.2) is 0 Å². The van der Waals surface area contributed by atoms with Gasteiger partial charge in [-0.1, -0.05) is 12.1 Å². The molecule has 0 amide bonds. The lowest BCUT2D eigenvalue weighted by Crippen LogP contribution is -1.86. The molecule has 3 heteroatoms. The zero-order valence-corrected chi connectivity index (χ0v) is 7.18. The number of nitrogens with zero attached hydrogens (tertiary/aromatic N) is 1. The van der Waals surface area contributed by atoms with Crippen molar-refractivity contribution in [3.63, 3.8) is 0 Å².